The van der Waals surface area contributed by atoms with Crippen molar-refractivity contribution in [1.82, 2.24) is 9.55 Å². The molecule has 0 N–H and O–H groups in total. The fourth-order valence-corrected chi connectivity index (χ4v) is 4.64. The first kappa shape index (κ1) is 17.8. The molecule has 0 unspecified atom stereocenters. The first-order chi connectivity index (χ1) is 12.0. The van der Waals surface area contributed by atoms with Gasteiger partial charge in [0.05, 0.1) is 12.5 Å². The Morgan fingerprint density at radius 3 is 2.92 bits per heavy atom. The van der Waals surface area contributed by atoms with Gasteiger partial charge in [-0.05, 0) is 37.1 Å². The number of hydrogen-bond acceptors (Lipinski definition) is 5. The fourth-order valence-electron chi connectivity index (χ4n) is 2.62. The Kier molecular flexibility index (Phi) is 5.30. The van der Waals surface area contributed by atoms with Gasteiger partial charge in [0.25, 0.3) is 5.56 Å². The number of fused-ring (bicyclic) bond motifs is 1. The Balaban J connectivity index is 2.00. The van der Waals surface area contributed by atoms with Crippen molar-refractivity contribution in [3.63, 3.8) is 0 Å². The molecular formula is C19H20N2O2S2. The Morgan fingerprint density at radius 1 is 1.40 bits per heavy atom. The molecule has 0 bridgehead atoms. The van der Waals surface area contributed by atoms with Crippen molar-refractivity contribution >= 4 is 33.3 Å². The number of ether oxygens (including phenoxy) is 1. The second-order valence-electron chi connectivity index (χ2n) is 5.70. The summed E-state index contributed by atoms with van der Waals surface area (Å²) in [4.78, 5) is 19.6. The summed E-state index contributed by atoms with van der Waals surface area (Å²) in [6.45, 7) is 8.25. The molecule has 2 aromatic heterocycles. The van der Waals surface area contributed by atoms with Gasteiger partial charge < -0.3 is 4.74 Å². The van der Waals surface area contributed by atoms with E-state index in [-0.39, 0.29) is 5.56 Å². The zero-order valence-corrected chi connectivity index (χ0v) is 16.2. The monoisotopic (exact) mass is 372 g/mol. The van der Waals surface area contributed by atoms with Crippen LogP contribution in [0.3, 0.4) is 0 Å². The molecule has 3 aromatic rings. The van der Waals surface area contributed by atoms with Crippen molar-refractivity contribution in [2.24, 2.45) is 0 Å². The van der Waals surface area contributed by atoms with Crippen molar-refractivity contribution in [3.8, 4) is 5.75 Å². The van der Waals surface area contributed by atoms with Gasteiger partial charge in [0.2, 0.25) is 0 Å². The summed E-state index contributed by atoms with van der Waals surface area (Å²) in [5.41, 5.74) is 2.17. The molecule has 2 heterocycles. The van der Waals surface area contributed by atoms with Crippen LogP contribution in [-0.4, -0.2) is 16.7 Å². The molecule has 130 valence electrons. The highest BCUT2D eigenvalue weighted by Crippen LogP contribution is 2.29. The molecule has 0 atom stereocenters. The summed E-state index contributed by atoms with van der Waals surface area (Å²) in [5, 5.41) is 1.46. The van der Waals surface area contributed by atoms with Gasteiger partial charge in [-0.3, -0.25) is 9.36 Å². The molecule has 6 heteroatoms. The second kappa shape index (κ2) is 7.45. The number of thioether (sulfide) groups is 1. The number of aromatic nitrogens is 2. The van der Waals surface area contributed by atoms with E-state index in [1.165, 1.54) is 0 Å². The Labute approximate surface area is 155 Å². The molecule has 4 nitrogen and oxygen atoms in total. The molecular weight excluding hydrogens is 352 g/mol. The molecule has 25 heavy (non-hydrogen) atoms. The van der Waals surface area contributed by atoms with Crippen LogP contribution in [0.15, 0.2) is 46.9 Å². The number of methoxy groups -OCH3 is 1. The summed E-state index contributed by atoms with van der Waals surface area (Å²) in [5.74, 6) is 1.55. The van der Waals surface area contributed by atoms with E-state index in [0.717, 1.165) is 42.9 Å². The highest BCUT2D eigenvalue weighted by molar-refractivity contribution is 7.98. The fraction of sp³-hybridized carbons (Fsp3) is 0.263. The summed E-state index contributed by atoms with van der Waals surface area (Å²) in [6, 6.07) is 7.93. The van der Waals surface area contributed by atoms with Gasteiger partial charge in [-0.2, -0.15) is 0 Å². The molecule has 0 amide bonds. The van der Waals surface area contributed by atoms with Gasteiger partial charge in [-0.1, -0.05) is 30.0 Å². The Morgan fingerprint density at radius 2 is 2.20 bits per heavy atom. The van der Waals surface area contributed by atoms with Gasteiger partial charge in [0, 0.05) is 17.2 Å². The minimum Gasteiger partial charge on any atom is -0.497 e. The number of allylic oxidation sites excluding steroid dienone is 1. The zero-order valence-electron chi connectivity index (χ0n) is 14.5. The molecule has 0 aliphatic heterocycles. The van der Waals surface area contributed by atoms with Crippen LogP contribution >= 0.6 is 23.1 Å². The number of aryl methyl sites for hydroxylation is 2. The van der Waals surface area contributed by atoms with Gasteiger partial charge in [-0.15, -0.1) is 17.9 Å². The summed E-state index contributed by atoms with van der Waals surface area (Å²) in [6.07, 6.45) is 1.74. The predicted octanol–water partition coefficient (Wildman–Crippen LogP) is 4.56. The van der Waals surface area contributed by atoms with Gasteiger partial charge in [-0.25, -0.2) is 4.98 Å². The van der Waals surface area contributed by atoms with Crippen molar-refractivity contribution in [2.75, 3.05) is 7.11 Å². The van der Waals surface area contributed by atoms with E-state index >= 15 is 0 Å². The van der Waals surface area contributed by atoms with Crippen molar-refractivity contribution < 1.29 is 4.74 Å². The quantitative estimate of drug-likeness (QED) is 0.361. The molecule has 3 rings (SSSR count). The lowest BCUT2D eigenvalue weighted by atomic mass is 10.2. The van der Waals surface area contributed by atoms with Crippen LogP contribution in [0.25, 0.3) is 10.2 Å². The van der Waals surface area contributed by atoms with Crippen LogP contribution < -0.4 is 10.3 Å². The van der Waals surface area contributed by atoms with E-state index in [9.17, 15) is 4.79 Å². The first-order valence-electron chi connectivity index (χ1n) is 7.92. The molecule has 0 spiro atoms. The standard InChI is InChI=1S/C19H20N2O2S2/c1-5-9-21-18(22)16-12(2)13(3)25-17(16)20-19(21)24-11-14-7-6-8-15(10-14)23-4/h5-8,10H,1,9,11H2,2-4H3. The normalized spacial score (nSPS) is 11.0. The van der Waals surface area contributed by atoms with Gasteiger partial charge in [0.1, 0.15) is 10.6 Å². The average Bonchev–Trinajstić information content (AvgIpc) is 2.90. The summed E-state index contributed by atoms with van der Waals surface area (Å²) < 4.78 is 6.98. The smallest absolute Gasteiger partial charge is 0.263 e. The van der Waals surface area contributed by atoms with Crippen LogP contribution in [0.1, 0.15) is 16.0 Å². The molecule has 0 radical (unpaired) electrons. The molecule has 0 saturated carbocycles. The van der Waals surface area contributed by atoms with E-state index in [1.807, 2.05) is 38.1 Å². The Hall–Kier alpha value is -2.05. The second-order valence-corrected chi connectivity index (χ2v) is 7.85. The van der Waals surface area contributed by atoms with Gasteiger partial charge in [0.15, 0.2) is 5.16 Å². The number of thiophene rings is 1. The van der Waals surface area contributed by atoms with Crippen LogP contribution in [-0.2, 0) is 12.3 Å². The van der Waals surface area contributed by atoms with Crippen LogP contribution in [0, 0.1) is 13.8 Å². The number of hydrogen-bond donors (Lipinski definition) is 0. The third-order valence-electron chi connectivity index (χ3n) is 4.07. The molecule has 0 aliphatic carbocycles. The highest BCUT2D eigenvalue weighted by Gasteiger charge is 2.16. The molecule has 0 fully saturated rings. The maximum atomic E-state index is 12.9. The lowest BCUT2D eigenvalue weighted by Gasteiger charge is -2.10. The third-order valence-corrected chi connectivity index (χ3v) is 6.22. The van der Waals surface area contributed by atoms with E-state index in [2.05, 4.69) is 6.58 Å². The largest absolute Gasteiger partial charge is 0.497 e. The SMILES string of the molecule is C=CCn1c(SCc2cccc(OC)c2)nc2sc(C)c(C)c2c1=O. The molecule has 1 aromatic carbocycles. The molecule has 0 saturated heterocycles. The first-order valence-corrected chi connectivity index (χ1v) is 9.72. The predicted molar refractivity (Wildman–Crippen MR) is 106 cm³/mol. The average molecular weight is 373 g/mol. The topological polar surface area (TPSA) is 44.1 Å². The van der Waals surface area contributed by atoms with Crippen molar-refractivity contribution in [3.05, 3.63) is 63.3 Å². The van der Waals surface area contributed by atoms with E-state index in [1.54, 1.807) is 40.9 Å². The minimum atomic E-state index is 0.0138. The van der Waals surface area contributed by atoms with Crippen LogP contribution in [0.4, 0.5) is 0 Å². The number of benzene rings is 1. The van der Waals surface area contributed by atoms with Crippen molar-refractivity contribution in [2.45, 2.75) is 31.3 Å². The minimum absolute atomic E-state index is 0.0138. The lowest BCUT2D eigenvalue weighted by molar-refractivity contribution is 0.414. The van der Waals surface area contributed by atoms with Crippen LogP contribution in [0.5, 0.6) is 5.75 Å². The lowest BCUT2D eigenvalue weighted by Crippen LogP contribution is -2.22. The van der Waals surface area contributed by atoms with E-state index in [0.29, 0.717) is 6.54 Å². The zero-order chi connectivity index (χ0) is 18.0. The maximum Gasteiger partial charge on any atom is 0.263 e. The summed E-state index contributed by atoms with van der Waals surface area (Å²) >= 11 is 3.14. The van der Waals surface area contributed by atoms with E-state index < -0.39 is 0 Å². The number of nitrogens with zero attached hydrogens (tertiary/aromatic N) is 2. The molecule has 0 aliphatic rings. The van der Waals surface area contributed by atoms with E-state index in [4.69, 9.17) is 9.72 Å². The maximum absolute atomic E-state index is 12.9. The Bertz CT molecular complexity index is 989. The van der Waals surface area contributed by atoms with Crippen LogP contribution in [0.2, 0.25) is 0 Å². The van der Waals surface area contributed by atoms with Crippen molar-refractivity contribution in [1.29, 1.82) is 0 Å². The third kappa shape index (κ3) is 3.50. The van der Waals surface area contributed by atoms with Gasteiger partial charge >= 0.3 is 0 Å². The highest BCUT2D eigenvalue weighted by atomic mass is 32.2. The summed E-state index contributed by atoms with van der Waals surface area (Å²) in [7, 11) is 1.66. The number of rotatable bonds is 6.